The van der Waals surface area contributed by atoms with Crippen molar-refractivity contribution in [3.63, 3.8) is 0 Å². The van der Waals surface area contributed by atoms with Gasteiger partial charge < -0.3 is 4.74 Å². The van der Waals surface area contributed by atoms with Crippen LogP contribution in [-0.4, -0.2) is 30.0 Å². The number of carbonyl (C=O) groups excluding carboxylic acids is 1. The van der Waals surface area contributed by atoms with Gasteiger partial charge in [0.05, 0.1) is 6.61 Å². The highest BCUT2D eigenvalue weighted by Crippen LogP contribution is 2.01. The van der Waals surface area contributed by atoms with Crippen molar-refractivity contribution in [2.75, 3.05) is 13.2 Å². The first-order valence-electron chi connectivity index (χ1n) is 4.11. The molecule has 3 nitrogen and oxygen atoms in total. The molecule has 0 aromatic heterocycles. The van der Waals surface area contributed by atoms with Crippen LogP contribution in [0.4, 0.5) is 4.79 Å². The minimum atomic E-state index is -0.202. The summed E-state index contributed by atoms with van der Waals surface area (Å²) >= 11 is 0. The minimum Gasteiger partial charge on any atom is -0.412 e. The smallest absolute Gasteiger partial charge is 0.412 e. The molecule has 0 radical (unpaired) electrons. The molecule has 0 fully saturated rings. The lowest BCUT2D eigenvalue weighted by atomic mass is 10.2. The predicted molar refractivity (Wildman–Crippen MR) is 42.1 cm³/mol. The summed E-state index contributed by atoms with van der Waals surface area (Å²) in [5, 5.41) is 0. The maximum atomic E-state index is 11.1. The molecular weight excluding hydrogens is 142 g/mol. The van der Waals surface area contributed by atoms with E-state index in [9.17, 15) is 4.79 Å². The second-order valence-corrected chi connectivity index (χ2v) is 2.57. The monoisotopic (exact) mass is 156 g/mol. The number of hydrogen-bond acceptors (Lipinski definition) is 2. The van der Waals surface area contributed by atoms with Gasteiger partial charge in [0.2, 0.25) is 0 Å². The van der Waals surface area contributed by atoms with E-state index in [4.69, 9.17) is 4.74 Å². The van der Waals surface area contributed by atoms with Crippen LogP contribution in [0.25, 0.3) is 0 Å². The zero-order valence-corrected chi connectivity index (χ0v) is 6.88. The van der Waals surface area contributed by atoms with E-state index < -0.39 is 0 Å². The molecule has 0 bridgehead atoms. The van der Waals surface area contributed by atoms with Gasteiger partial charge in [0.15, 0.2) is 12.8 Å². The highest BCUT2D eigenvalue weighted by molar-refractivity contribution is 5.66. The van der Waals surface area contributed by atoms with E-state index >= 15 is 0 Å². The van der Waals surface area contributed by atoms with Gasteiger partial charge in [-0.25, -0.2) is 0 Å². The van der Waals surface area contributed by atoms with Crippen LogP contribution >= 0.6 is 0 Å². The molecule has 1 heterocycles. The summed E-state index contributed by atoms with van der Waals surface area (Å²) in [5.41, 5.74) is 0. The molecule has 1 aliphatic heterocycles. The van der Waals surface area contributed by atoms with Crippen LogP contribution in [0.15, 0.2) is 0 Å². The number of hydrogen-bond donors (Lipinski definition) is 0. The lowest BCUT2D eigenvalue weighted by Crippen LogP contribution is -2.26. The van der Waals surface area contributed by atoms with Crippen LogP contribution in [0.2, 0.25) is 0 Å². The normalized spacial score (nSPS) is 17.4. The van der Waals surface area contributed by atoms with Crippen LogP contribution in [0, 0.1) is 0 Å². The van der Waals surface area contributed by atoms with E-state index in [1.54, 1.807) is 4.58 Å². The molecule has 62 valence electrons. The third-order valence-corrected chi connectivity index (χ3v) is 1.70. The van der Waals surface area contributed by atoms with E-state index in [0.717, 1.165) is 19.4 Å². The fourth-order valence-electron chi connectivity index (χ4n) is 1.14. The van der Waals surface area contributed by atoms with E-state index in [1.165, 1.54) is 6.42 Å². The lowest BCUT2D eigenvalue weighted by molar-refractivity contribution is -0.447. The molecule has 0 saturated carbocycles. The Morgan fingerprint density at radius 2 is 2.45 bits per heavy atom. The van der Waals surface area contributed by atoms with Crippen molar-refractivity contribution in [2.45, 2.75) is 26.2 Å². The Labute approximate surface area is 66.7 Å². The first kappa shape index (κ1) is 8.24. The topological polar surface area (TPSA) is 29.3 Å². The molecular formula is C8H14NO2+. The van der Waals surface area contributed by atoms with Crippen molar-refractivity contribution < 1.29 is 14.1 Å². The minimum absolute atomic E-state index is 0.202. The van der Waals surface area contributed by atoms with Crippen LogP contribution in [0.1, 0.15) is 26.2 Å². The van der Waals surface area contributed by atoms with Crippen molar-refractivity contribution in [3.8, 4) is 0 Å². The first-order valence-corrected chi connectivity index (χ1v) is 4.11. The maximum absolute atomic E-state index is 11.1. The van der Waals surface area contributed by atoms with Gasteiger partial charge in [-0.15, -0.1) is 4.58 Å². The lowest BCUT2D eigenvalue weighted by Gasteiger charge is -2.04. The Balaban J connectivity index is 2.44. The average molecular weight is 156 g/mol. The first-order chi connectivity index (χ1) is 5.34. The Morgan fingerprint density at radius 3 is 3.00 bits per heavy atom. The standard InChI is InChI=1S/C8H14NO2/c1-2-11-8(10)9-6-4-3-5-7-9/h6H,2-5,7H2,1H3/q+1. The third-order valence-electron chi connectivity index (χ3n) is 1.70. The number of rotatable bonds is 1. The quantitative estimate of drug-likeness (QED) is 0.537. The number of ether oxygens (including phenoxy) is 1. The summed E-state index contributed by atoms with van der Waals surface area (Å²) in [4.78, 5) is 11.1. The molecule has 0 aromatic rings. The third kappa shape index (κ3) is 2.33. The maximum Gasteiger partial charge on any atom is 0.596 e. The van der Waals surface area contributed by atoms with Gasteiger partial charge in [-0.2, -0.15) is 4.79 Å². The summed E-state index contributed by atoms with van der Waals surface area (Å²) < 4.78 is 6.50. The molecule has 11 heavy (non-hydrogen) atoms. The van der Waals surface area contributed by atoms with Gasteiger partial charge in [0, 0.05) is 12.8 Å². The van der Waals surface area contributed by atoms with Crippen molar-refractivity contribution >= 4 is 12.3 Å². The largest absolute Gasteiger partial charge is 0.596 e. The molecule has 0 unspecified atom stereocenters. The molecule has 0 atom stereocenters. The zero-order valence-electron chi connectivity index (χ0n) is 6.88. The fourth-order valence-corrected chi connectivity index (χ4v) is 1.14. The zero-order chi connectivity index (χ0) is 8.10. The molecule has 0 spiro atoms. The molecule has 0 aliphatic carbocycles. The summed E-state index contributed by atoms with van der Waals surface area (Å²) in [5.74, 6) is 0. The SMILES string of the molecule is CCOC(=O)[N+]1=CCCCC1. The van der Waals surface area contributed by atoms with E-state index in [2.05, 4.69) is 0 Å². The van der Waals surface area contributed by atoms with Gasteiger partial charge in [0.1, 0.15) is 0 Å². The summed E-state index contributed by atoms with van der Waals surface area (Å²) in [6, 6.07) is 0. The van der Waals surface area contributed by atoms with Gasteiger partial charge in [-0.05, 0) is 13.3 Å². The second kappa shape index (κ2) is 4.11. The summed E-state index contributed by atoms with van der Waals surface area (Å²) in [6.45, 7) is 3.10. The van der Waals surface area contributed by atoms with E-state index in [1.807, 2.05) is 13.1 Å². The summed E-state index contributed by atoms with van der Waals surface area (Å²) in [6.07, 6.45) is 5.00. The highest BCUT2D eigenvalue weighted by Gasteiger charge is 2.20. The van der Waals surface area contributed by atoms with E-state index in [-0.39, 0.29) is 6.09 Å². The van der Waals surface area contributed by atoms with E-state index in [0.29, 0.717) is 6.61 Å². The number of carbonyl (C=O) groups is 1. The van der Waals surface area contributed by atoms with Crippen molar-refractivity contribution in [1.82, 2.24) is 0 Å². The van der Waals surface area contributed by atoms with Gasteiger partial charge in [-0.3, -0.25) is 0 Å². The molecule has 0 aromatic carbocycles. The Bertz CT molecular complexity index is 175. The van der Waals surface area contributed by atoms with Crippen molar-refractivity contribution in [2.24, 2.45) is 0 Å². The molecule has 0 N–H and O–H groups in total. The van der Waals surface area contributed by atoms with Gasteiger partial charge in [0.25, 0.3) is 0 Å². The molecule has 1 rings (SSSR count). The Kier molecular flexibility index (Phi) is 3.08. The highest BCUT2D eigenvalue weighted by atomic mass is 16.5. The van der Waals surface area contributed by atoms with Crippen LogP contribution in [0.5, 0.6) is 0 Å². The average Bonchev–Trinajstić information content (AvgIpc) is 2.07. The van der Waals surface area contributed by atoms with Crippen LogP contribution in [0.3, 0.4) is 0 Å². The van der Waals surface area contributed by atoms with Crippen LogP contribution < -0.4 is 0 Å². The number of nitrogens with zero attached hydrogens (tertiary/aromatic N) is 1. The predicted octanol–water partition coefficient (Wildman–Crippen LogP) is 1.41. The van der Waals surface area contributed by atoms with Gasteiger partial charge in [-0.1, -0.05) is 0 Å². The Morgan fingerprint density at radius 1 is 1.64 bits per heavy atom. The Hall–Kier alpha value is -0.860. The molecule has 1 aliphatic rings. The molecule has 3 heteroatoms. The van der Waals surface area contributed by atoms with Crippen molar-refractivity contribution in [1.29, 1.82) is 0 Å². The fraction of sp³-hybridized carbons (Fsp3) is 0.750. The number of amides is 1. The molecule has 0 saturated heterocycles. The second-order valence-electron chi connectivity index (χ2n) is 2.57. The van der Waals surface area contributed by atoms with Crippen LogP contribution in [-0.2, 0) is 4.74 Å². The summed E-state index contributed by atoms with van der Waals surface area (Å²) in [7, 11) is 0. The molecule has 1 amide bonds. The van der Waals surface area contributed by atoms with Crippen molar-refractivity contribution in [3.05, 3.63) is 0 Å². The van der Waals surface area contributed by atoms with Gasteiger partial charge >= 0.3 is 6.09 Å².